The zero-order chi connectivity index (χ0) is 18.1. The molecule has 3 amide bonds. The Labute approximate surface area is 143 Å². The number of non-ortho nitro benzene ring substituents is 1. The van der Waals surface area contributed by atoms with E-state index in [1.54, 1.807) is 31.3 Å². The number of nitrogens with two attached hydrogens (primary N) is 1. The van der Waals surface area contributed by atoms with Gasteiger partial charge in [0, 0.05) is 30.4 Å². The number of nitro groups is 1. The highest BCUT2D eigenvalue weighted by Crippen LogP contribution is 2.39. The van der Waals surface area contributed by atoms with Crippen molar-refractivity contribution >= 4 is 23.3 Å². The first-order chi connectivity index (χ1) is 11.9. The van der Waals surface area contributed by atoms with Crippen LogP contribution >= 0.6 is 0 Å². The molecule has 3 rings (SSSR count). The first-order valence-electron chi connectivity index (χ1n) is 7.56. The largest absolute Gasteiger partial charge is 0.351 e. The summed E-state index contributed by atoms with van der Waals surface area (Å²) in [5, 5.41) is 11.2. The molecule has 0 saturated carbocycles. The first kappa shape index (κ1) is 16.4. The van der Waals surface area contributed by atoms with E-state index in [0.717, 1.165) is 0 Å². The normalized spacial score (nSPS) is 17.0. The molecule has 0 aliphatic carbocycles. The monoisotopic (exact) mass is 340 g/mol. The van der Waals surface area contributed by atoms with E-state index in [1.165, 1.54) is 28.0 Å². The lowest BCUT2D eigenvalue weighted by atomic mass is 9.95. The highest BCUT2D eigenvalue weighted by Gasteiger charge is 2.35. The topological polar surface area (TPSA) is 110 Å². The summed E-state index contributed by atoms with van der Waals surface area (Å²) in [6.07, 6.45) is 0. The molecule has 0 saturated heterocycles. The number of amides is 3. The van der Waals surface area contributed by atoms with Gasteiger partial charge in [0.25, 0.3) is 5.69 Å². The van der Waals surface area contributed by atoms with Crippen LogP contribution in [0.2, 0.25) is 0 Å². The van der Waals surface area contributed by atoms with Gasteiger partial charge in [-0.05, 0) is 11.6 Å². The fourth-order valence-corrected chi connectivity index (χ4v) is 3.03. The van der Waals surface area contributed by atoms with Crippen molar-refractivity contribution in [1.82, 2.24) is 4.90 Å². The number of benzene rings is 2. The quantitative estimate of drug-likeness (QED) is 0.666. The summed E-state index contributed by atoms with van der Waals surface area (Å²) in [5.74, 6) is -0.327. The Morgan fingerprint density at radius 3 is 2.52 bits per heavy atom. The molecule has 1 atom stereocenters. The molecule has 8 heteroatoms. The molecular formula is C17H16N4O4. The Hall–Kier alpha value is -3.42. The van der Waals surface area contributed by atoms with Crippen molar-refractivity contribution < 1.29 is 14.5 Å². The van der Waals surface area contributed by atoms with Crippen LogP contribution in [0, 0.1) is 10.1 Å². The van der Waals surface area contributed by atoms with E-state index in [-0.39, 0.29) is 18.1 Å². The first-order valence-corrected chi connectivity index (χ1v) is 7.56. The summed E-state index contributed by atoms with van der Waals surface area (Å²) >= 11 is 0. The number of nitrogens with zero attached hydrogens (tertiary/aromatic N) is 3. The van der Waals surface area contributed by atoms with Gasteiger partial charge in [0.2, 0.25) is 5.91 Å². The maximum Gasteiger partial charge on any atom is 0.316 e. The lowest BCUT2D eigenvalue weighted by Crippen LogP contribution is -2.43. The van der Waals surface area contributed by atoms with Crippen LogP contribution in [0.15, 0.2) is 48.5 Å². The third kappa shape index (κ3) is 2.89. The van der Waals surface area contributed by atoms with Gasteiger partial charge >= 0.3 is 6.03 Å². The molecule has 0 aromatic heterocycles. The van der Waals surface area contributed by atoms with Crippen LogP contribution < -0.4 is 10.6 Å². The van der Waals surface area contributed by atoms with Crippen molar-refractivity contribution in [3.8, 4) is 0 Å². The number of urea groups is 1. The number of nitro benzene ring substituents is 1. The van der Waals surface area contributed by atoms with E-state index in [2.05, 4.69) is 0 Å². The van der Waals surface area contributed by atoms with Gasteiger partial charge in [-0.15, -0.1) is 0 Å². The molecule has 2 N–H and O–H groups in total. The zero-order valence-electron chi connectivity index (χ0n) is 13.5. The number of carbonyl (C=O) groups excluding carboxylic acids is 2. The Morgan fingerprint density at radius 1 is 1.24 bits per heavy atom. The van der Waals surface area contributed by atoms with E-state index in [4.69, 9.17) is 5.73 Å². The van der Waals surface area contributed by atoms with Crippen molar-refractivity contribution in [2.45, 2.75) is 6.04 Å². The zero-order valence-corrected chi connectivity index (χ0v) is 13.5. The lowest BCUT2D eigenvalue weighted by Gasteiger charge is -2.28. The SMILES string of the molecule is CN1C(=O)CN(C(N)=O)C(c2ccccc2)c2cc([N+](=O)[O-])ccc21. The van der Waals surface area contributed by atoms with Gasteiger partial charge in [-0.3, -0.25) is 14.9 Å². The third-order valence-corrected chi connectivity index (χ3v) is 4.27. The highest BCUT2D eigenvalue weighted by atomic mass is 16.6. The second kappa shape index (κ2) is 6.23. The van der Waals surface area contributed by atoms with Gasteiger partial charge in [0.15, 0.2) is 0 Å². The minimum Gasteiger partial charge on any atom is -0.351 e. The standard InChI is InChI=1S/C17H16N4O4/c1-19-14-8-7-12(21(24)25)9-13(14)16(11-5-3-2-4-6-11)20(17(18)23)10-15(19)22/h2-9,16H,10H2,1H3,(H2,18,23). The number of likely N-dealkylation sites (N-methyl/N-ethyl adjacent to an activating group) is 1. The molecule has 2 aromatic carbocycles. The van der Waals surface area contributed by atoms with Crippen molar-refractivity contribution in [3.63, 3.8) is 0 Å². The summed E-state index contributed by atoms with van der Waals surface area (Å²) < 4.78 is 0. The van der Waals surface area contributed by atoms with Crippen molar-refractivity contribution in [1.29, 1.82) is 0 Å². The Balaban J connectivity index is 2.29. The maximum absolute atomic E-state index is 12.4. The van der Waals surface area contributed by atoms with E-state index < -0.39 is 17.0 Å². The number of hydrogen-bond acceptors (Lipinski definition) is 4. The Kier molecular flexibility index (Phi) is 4.10. The summed E-state index contributed by atoms with van der Waals surface area (Å²) in [4.78, 5) is 37.7. The van der Waals surface area contributed by atoms with Gasteiger partial charge in [0.1, 0.15) is 6.54 Å². The highest BCUT2D eigenvalue weighted by molar-refractivity contribution is 5.98. The van der Waals surface area contributed by atoms with Crippen LogP contribution in [0.25, 0.3) is 0 Å². The average Bonchev–Trinajstić information content (AvgIpc) is 2.71. The minimum absolute atomic E-state index is 0.119. The van der Waals surface area contributed by atoms with Crippen molar-refractivity contribution in [3.05, 3.63) is 69.8 Å². The Bertz CT molecular complexity index is 853. The molecule has 128 valence electrons. The minimum atomic E-state index is -0.769. The predicted octanol–water partition coefficient (Wildman–Crippen LogP) is 2.04. The molecule has 0 bridgehead atoms. The second-order valence-electron chi connectivity index (χ2n) is 5.73. The van der Waals surface area contributed by atoms with Gasteiger partial charge in [-0.2, -0.15) is 0 Å². The van der Waals surface area contributed by atoms with Crippen LogP contribution in [-0.4, -0.2) is 35.4 Å². The van der Waals surface area contributed by atoms with E-state index in [1.807, 2.05) is 6.07 Å². The molecule has 1 heterocycles. The maximum atomic E-state index is 12.4. The van der Waals surface area contributed by atoms with E-state index in [9.17, 15) is 19.7 Å². The Morgan fingerprint density at radius 2 is 1.92 bits per heavy atom. The molecular weight excluding hydrogens is 324 g/mol. The van der Waals surface area contributed by atoms with E-state index in [0.29, 0.717) is 16.8 Å². The molecule has 0 fully saturated rings. The summed E-state index contributed by atoms with van der Waals surface area (Å²) in [7, 11) is 1.57. The van der Waals surface area contributed by atoms with Crippen LogP contribution in [0.5, 0.6) is 0 Å². The molecule has 1 aliphatic heterocycles. The van der Waals surface area contributed by atoms with Crippen molar-refractivity contribution in [2.75, 3.05) is 18.5 Å². The van der Waals surface area contributed by atoms with Gasteiger partial charge in [-0.25, -0.2) is 4.79 Å². The fourth-order valence-electron chi connectivity index (χ4n) is 3.03. The van der Waals surface area contributed by atoms with Crippen LogP contribution in [0.3, 0.4) is 0 Å². The van der Waals surface area contributed by atoms with E-state index >= 15 is 0 Å². The molecule has 1 aliphatic rings. The fraction of sp³-hybridized carbons (Fsp3) is 0.176. The van der Waals surface area contributed by atoms with Gasteiger partial charge < -0.3 is 15.5 Å². The number of anilines is 1. The number of fused-ring (bicyclic) bond motifs is 1. The number of rotatable bonds is 2. The molecule has 1 unspecified atom stereocenters. The molecule has 2 aromatic rings. The second-order valence-corrected chi connectivity index (χ2v) is 5.73. The van der Waals surface area contributed by atoms with Crippen molar-refractivity contribution in [2.24, 2.45) is 5.73 Å². The van der Waals surface area contributed by atoms with Crippen LogP contribution in [0.4, 0.5) is 16.2 Å². The lowest BCUT2D eigenvalue weighted by molar-refractivity contribution is -0.384. The summed E-state index contributed by atoms with van der Waals surface area (Å²) in [5.41, 5.74) is 7.09. The van der Waals surface area contributed by atoms with Crippen LogP contribution in [-0.2, 0) is 4.79 Å². The smallest absolute Gasteiger partial charge is 0.316 e. The average molecular weight is 340 g/mol. The van der Waals surface area contributed by atoms with Crippen LogP contribution in [0.1, 0.15) is 17.2 Å². The molecule has 25 heavy (non-hydrogen) atoms. The summed E-state index contributed by atoms with van der Waals surface area (Å²) in [6.45, 7) is -0.214. The van der Waals surface area contributed by atoms with Gasteiger partial charge in [0.05, 0.1) is 11.0 Å². The number of hydrogen-bond donors (Lipinski definition) is 1. The van der Waals surface area contributed by atoms with Gasteiger partial charge in [-0.1, -0.05) is 30.3 Å². The molecule has 8 nitrogen and oxygen atoms in total. The number of carbonyl (C=O) groups is 2. The molecule has 0 radical (unpaired) electrons. The number of primary amides is 1. The third-order valence-electron chi connectivity index (χ3n) is 4.27. The molecule has 0 spiro atoms. The predicted molar refractivity (Wildman–Crippen MR) is 91.1 cm³/mol. The summed E-state index contributed by atoms with van der Waals surface area (Å²) in [6, 6.07) is 11.8.